The first-order valence-corrected chi connectivity index (χ1v) is 9.14. The lowest BCUT2D eigenvalue weighted by molar-refractivity contribution is -0.0672. The molecule has 0 spiro atoms. The van der Waals surface area contributed by atoms with Gasteiger partial charge >= 0.3 is 0 Å². The molecular formula is C17H30N2OS. The fourth-order valence-corrected chi connectivity index (χ4v) is 4.39. The molecule has 21 heavy (non-hydrogen) atoms. The first kappa shape index (κ1) is 16.9. The number of aromatic nitrogens is 1. The van der Waals surface area contributed by atoms with Crippen molar-refractivity contribution in [2.75, 3.05) is 13.7 Å². The Morgan fingerprint density at radius 1 is 1.29 bits per heavy atom. The van der Waals surface area contributed by atoms with E-state index in [1.165, 1.54) is 47.7 Å². The summed E-state index contributed by atoms with van der Waals surface area (Å²) >= 11 is 1.84. The van der Waals surface area contributed by atoms with Crippen LogP contribution in [0.25, 0.3) is 0 Å². The Balaban J connectivity index is 2.15. The number of ether oxygens (including phenoxy) is 1. The highest BCUT2D eigenvalue weighted by Crippen LogP contribution is 2.36. The van der Waals surface area contributed by atoms with Crippen molar-refractivity contribution in [3.63, 3.8) is 0 Å². The average molecular weight is 311 g/mol. The molecule has 1 aliphatic rings. The first-order chi connectivity index (χ1) is 10.1. The Morgan fingerprint density at radius 2 is 2.00 bits per heavy atom. The third-order valence-electron chi connectivity index (χ3n) is 4.83. The molecule has 1 saturated carbocycles. The van der Waals surface area contributed by atoms with E-state index in [9.17, 15) is 0 Å². The second-order valence-corrected chi connectivity index (χ2v) is 7.58. The van der Waals surface area contributed by atoms with Gasteiger partial charge in [-0.05, 0) is 39.7 Å². The predicted octanol–water partition coefficient (Wildman–Crippen LogP) is 4.02. The fourth-order valence-electron chi connectivity index (χ4n) is 3.41. The van der Waals surface area contributed by atoms with Gasteiger partial charge in [0.25, 0.3) is 0 Å². The van der Waals surface area contributed by atoms with Crippen molar-refractivity contribution in [1.29, 1.82) is 0 Å². The first-order valence-electron chi connectivity index (χ1n) is 8.32. The smallest absolute Gasteiger partial charge is 0.0947 e. The summed E-state index contributed by atoms with van der Waals surface area (Å²) in [5.41, 5.74) is 1.18. The van der Waals surface area contributed by atoms with E-state index in [0.717, 1.165) is 19.4 Å². The van der Waals surface area contributed by atoms with E-state index in [-0.39, 0.29) is 5.60 Å². The summed E-state index contributed by atoms with van der Waals surface area (Å²) in [6, 6.07) is 0.382. The number of hydrogen-bond acceptors (Lipinski definition) is 4. The van der Waals surface area contributed by atoms with E-state index in [1.54, 1.807) is 0 Å². The van der Waals surface area contributed by atoms with E-state index >= 15 is 0 Å². The standard InChI is InChI=1S/C17H30N2OS/c1-5-11-18-15(12-16-19-13(2)14(3)21-16)17(20-4)9-7-6-8-10-17/h15,18H,5-12H2,1-4H3. The Labute approximate surface area is 133 Å². The summed E-state index contributed by atoms with van der Waals surface area (Å²) in [5, 5.41) is 5.00. The van der Waals surface area contributed by atoms with Crippen molar-refractivity contribution in [3.8, 4) is 0 Å². The zero-order valence-corrected chi connectivity index (χ0v) is 14.8. The van der Waals surface area contributed by atoms with E-state index in [0.29, 0.717) is 6.04 Å². The molecule has 0 saturated heterocycles. The summed E-state index contributed by atoms with van der Waals surface area (Å²) in [5.74, 6) is 0. The van der Waals surface area contributed by atoms with Gasteiger partial charge in [-0.2, -0.15) is 0 Å². The maximum absolute atomic E-state index is 6.06. The average Bonchev–Trinajstić information content (AvgIpc) is 2.82. The van der Waals surface area contributed by atoms with Crippen LogP contribution in [-0.4, -0.2) is 30.3 Å². The highest BCUT2D eigenvalue weighted by molar-refractivity contribution is 7.11. The molecule has 0 aliphatic heterocycles. The SMILES string of the molecule is CCCNC(Cc1nc(C)c(C)s1)C1(OC)CCCCC1. The third kappa shape index (κ3) is 4.05. The van der Waals surface area contributed by atoms with E-state index < -0.39 is 0 Å². The van der Waals surface area contributed by atoms with Gasteiger partial charge in [-0.25, -0.2) is 4.98 Å². The maximum atomic E-state index is 6.06. The summed E-state index contributed by atoms with van der Waals surface area (Å²) < 4.78 is 6.06. The van der Waals surface area contributed by atoms with Crippen LogP contribution in [0.1, 0.15) is 61.0 Å². The maximum Gasteiger partial charge on any atom is 0.0947 e. The zero-order valence-electron chi connectivity index (χ0n) is 14.0. The highest BCUT2D eigenvalue weighted by atomic mass is 32.1. The second-order valence-electron chi connectivity index (χ2n) is 6.29. The van der Waals surface area contributed by atoms with Crippen LogP contribution in [0.3, 0.4) is 0 Å². The lowest BCUT2D eigenvalue weighted by Crippen LogP contribution is -2.54. The van der Waals surface area contributed by atoms with Crippen molar-refractivity contribution in [3.05, 3.63) is 15.6 Å². The molecule has 1 aromatic rings. The molecule has 0 amide bonds. The molecule has 3 nitrogen and oxygen atoms in total. The summed E-state index contributed by atoms with van der Waals surface area (Å²) in [6.45, 7) is 7.55. The normalized spacial score (nSPS) is 19.6. The number of thiazole rings is 1. The van der Waals surface area contributed by atoms with E-state index in [2.05, 4.69) is 26.1 Å². The number of rotatable bonds is 7. The minimum Gasteiger partial charge on any atom is -0.377 e. The van der Waals surface area contributed by atoms with Crippen LogP contribution in [0.4, 0.5) is 0 Å². The molecule has 1 heterocycles. The van der Waals surface area contributed by atoms with E-state index in [4.69, 9.17) is 9.72 Å². The molecule has 4 heteroatoms. The highest BCUT2D eigenvalue weighted by Gasteiger charge is 2.40. The molecule has 2 rings (SSSR count). The van der Waals surface area contributed by atoms with Crippen LogP contribution in [0.5, 0.6) is 0 Å². The molecule has 0 bridgehead atoms. The topological polar surface area (TPSA) is 34.2 Å². The van der Waals surface area contributed by atoms with Gasteiger partial charge in [0.05, 0.1) is 16.3 Å². The summed E-state index contributed by atoms with van der Waals surface area (Å²) in [4.78, 5) is 6.08. The third-order valence-corrected chi connectivity index (χ3v) is 5.93. The van der Waals surface area contributed by atoms with Crippen molar-refractivity contribution >= 4 is 11.3 Å². The van der Waals surface area contributed by atoms with Gasteiger partial charge in [0.1, 0.15) is 0 Å². The minimum atomic E-state index is 0.000892. The van der Waals surface area contributed by atoms with Gasteiger partial charge in [0.15, 0.2) is 0 Å². The molecule has 1 atom stereocenters. The monoisotopic (exact) mass is 310 g/mol. The molecule has 0 radical (unpaired) electrons. The molecule has 1 unspecified atom stereocenters. The van der Waals surface area contributed by atoms with Crippen LogP contribution in [0.2, 0.25) is 0 Å². The van der Waals surface area contributed by atoms with Crippen molar-refractivity contribution in [2.24, 2.45) is 0 Å². The van der Waals surface area contributed by atoms with Crippen LogP contribution >= 0.6 is 11.3 Å². The second kappa shape index (κ2) is 7.70. The van der Waals surface area contributed by atoms with Crippen LogP contribution in [-0.2, 0) is 11.2 Å². The Hall–Kier alpha value is -0.450. The van der Waals surface area contributed by atoms with Gasteiger partial charge < -0.3 is 10.1 Å². The van der Waals surface area contributed by atoms with Gasteiger partial charge in [-0.15, -0.1) is 11.3 Å². The van der Waals surface area contributed by atoms with Gasteiger partial charge in [0.2, 0.25) is 0 Å². The lowest BCUT2D eigenvalue weighted by Gasteiger charge is -2.43. The molecule has 1 aromatic heterocycles. The largest absolute Gasteiger partial charge is 0.377 e. The number of nitrogens with one attached hydrogen (secondary N) is 1. The van der Waals surface area contributed by atoms with Crippen LogP contribution < -0.4 is 5.32 Å². The summed E-state index contributed by atoms with van der Waals surface area (Å²) in [6.07, 6.45) is 8.42. The fraction of sp³-hybridized carbons (Fsp3) is 0.824. The van der Waals surface area contributed by atoms with Crippen molar-refractivity contribution < 1.29 is 4.74 Å². The molecule has 0 aromatic carbocycles. The lowest BCUT2D eigenvalue weighted by atomic mass is 9.78. The quantitative estimate of drug-likeness (QED) is 0.826. The molecular weight excluding hydrogens is 280 g/mol. The van der Waals surface area contributed by atoms with Gasteiger partial charge in [-0.1, -0.05) is 26.2 Å². The van der Waals surface area contributed by atoms with Gasteiger partial charge in [-0.3, -0.25) is 0 Å². The van der Waals surface area contributed by atoms with E-state index in [1.807, 2.05) is 18.4 Å². The zero-order chi connectivity index (χ0) is 15.3. The molecule has 120 valence electrons. The Morgan fingerprint density at radius 3 is 2.52 bits per heavy atom. The predicted molar refractivity (Wildman–Crippen MR) is 90.2 cm³/mol. The number of methoxy groups -OCH3 is 1. The van der Waals surface area contributed by atoms with Crippen LogP contribution in [0.15, 0.2) is 0 Å². The summed E-state index contributed by atoms with van der Waals surface area (Å²) in [7, 11) is 1.89. The van der Waals surface area contributed by atoms with Gasteiger partial charge in [0, 0.05) is 24.4 Å². The minimum absolute atomic E-state index is 0.000892. The number of hydrogen-bond donors (Lipinski definition) is 1. The van der Waals surface area contributed by atoms with Crippen molar-refractivity contribution in [1.82, 2.24) is 10.3 Å². The molecule has 1 N–H and O–H groups in total. The Kier molecular flexibility index (Phi) is 6.20. The van der Waals surface area contributed by atoms with Crippen molar-refractivity contribution in [2.45, 2.75) is 77.4 Å². The number of nitrogens with zero attached hydrogens (tertiary/aromatic N) is 1. The molecule has 1 aliphatic carbocycles. The van der Waals surface area contributed by atoms with Crippen LogP contribution in [0, 0.1) is 13.8 Å². The Bertz CT molecular complexity index is 418. The molecule has 1 fully saturated rings. The number of aryl methyl sites for hydroxylation is 2.